The Bertz CT molecular complexity index is 648. The maximum Gasteiger partial charge on any atom is 0.244 e. The van der Waals surface area contributed by atoms with Gasteiger partial charge in [0.05, 0.1) is 5.02 Å². The molecule has 1 aromatic carbocycles. The third-order valence-electron chi connectivity index (χ3n) is 3.31. The fourth-order valence-corrected chi connectivity index (χ4v) is 6.10. The van der Waals surface area contributed by atoms with Crippen molar-refractivity contribution in [1.29, 1.82) is 0 Å². The van der Waals surface area contributed by atoms with Gasteiger partial charge in [-0.3, -0.25) is 0 Å². The molecule has 0 radical (unpaired) electrons. The Morgan fingerprint density at radius 3 is 2.62 bits per heavy atom. The van der Waals surface area contributed by atoms with Crippen LogP contribution >= 0.6 is 35.0 Å². The van der Waals surface area contributed by atoms with Gasteiger partial charge in [-0.25, -0.2) is 8.42 Å². The zero-order valence-corrected chi connectivity index (χ0v) is 15.0. The monoisotopic (exact) mass is 368 g/mol. The molecular formula is C13H18Cl2N2O2S2. The summed E-state index contributed by atoms with van der Waals surface area (Å²) < 4.78 is 27.1. The third-order valence-corrected chi connectivity index (χ3v) is 7.25. The summed E-state index contributed by atoms with van der Waals surface area (Å²) in [4.78, 5) is 0.0415. The first-order valence-corrected chi connectivity index (χ1v) is 9.67. The highest BCUT2D eigenvalue weighted by atomic mass is 35.5. The molecule has 1 aliphatic rings. The van der Waals surface area contributed by atoms with E-state index in [2.05, 4.69) is 0 Å². The van der Waals surface area contributed by atoms with E-state index in [9.17, 15) is 8.42 Å². The van der Waals surface area contributed by atoms with Gasteiger partial charge in [0.1, 0.15) is 4.90 Å². The Morgan fingerprint density at radius 2 is 2.05 bits per heavy atom. The van der Waals surface area contributed by atoms with Gasteiger partial charge >= 0.3 is 0 Å². The van der Waals surface area contributed by atoms with E-state index in [0.717, 1.165) is 5.75 Å². The van der Waals surface area contributed by atoms with Gasteiger partial charge in [-0.05, 0) is 31.5 Å². The van der Waals surface area contributed by atoms with Crippen LogP contribution in [0.2, 0.25) is 10.0 Å². The molecule has 0 saturated carbocycles. The number of sulfonamides is 1. The van der Waals surface area contributed by atoms with Crippen molar-refractivity contribution >= 4 is 45.0 Å². The summed E-state index contributed by atoms with van der Waals surface area (Å²) in [7, 11) is -3.67. The predicted octanol–water partition coefficient (Wildman–Crippen LogP) is 2.97. The molecule has 8 heteroatoms. The second-order valence-electron chi connectivity index (χ2n) is 5.53. The van der Waals surface area contributed by atoms with Crippen LogP contribution in [0.5, 0.6) is 0 Å². The SMILES string of the molecule is CC1(C)CN(S(=O)(=O)c2cc(Cl)cc(CN)c2Cl)CCS1. The molecule has 0 amide bonds. The minimum absolute atomic E-state index is 0.0415. The van der Waals surface area contributed by atoms with Gasteiger partial charge in [0.2, 0.25) is 10.0 Å². The van der Waals surface area contributed by atoms with E-state index in [1.54, 1.807) is 17.8 Å². The summed E-state index contributed by atoms with van der Waals surface area (Å²) in [5.74, 6) is 0.758. The molecule has 1 fully saturated rings. The van der Waals surface area contributed by atoms with E-state index >= 15 is 0 Å². The van der Waals surface area contributed by atoms with E-state index in [4.69, 9.17) is 28.9 Å². The van der Waals surface area contributed by atoms with E-state index in [1.165, 1.54) is 10.4 Å². The second kappa shape index (κ2) is 6.26. The van der Waals surface area contributed by atoms with Crippen molar-refractivity contribution in [1.82, 2.24) is 4.31 Å². The maximum atomic E-state index is 12.8. The van der Waals surface area contributed by atoms with Crippen molar-refractivity contribution in [3.05, 3.63) is 27.7 Å². The molecule has 118 valence electrons. The fraction of sp³-hybridized carbons (Fsp3) is 0.538. The van der Waals surface area contributed by atoms with Gasteiger partial charge in [-0.2, -0.15) is 16.1 Å². The van der Waals surface area contributed by atoms with Gasteiger partial charge in [0.25, 0.3) is 0 Å². The van der Waals surface area contributed by atoms with Gasteiger partial charge < -0.3 is 5.73 Å². The Hall–Kier alpha value is 0.0200. The van der Waals surface area contributed by atoms with Crippen molar-refractivity contribution in [2.45, 2.75) is 30.0 Å². The number of rotatable bonds is 3. The summed E-state index contributed by atoms with van der Waals surface area (Å²) in [6.07, 6.45) is 0. The van der Waals surface area contributed by atoms with Crippen molar-refractivity contribution in [3.8, 4) is 0 Å². The highest BCUT2D eigenvalue weighted by molar-refractivity contribution is 8.00. The van der Waals surface area contributed by atoms with Crippen molar-refractivity contribution < 1.29 is 8.42 Å². The lowest BCUT2D eigenvalue weighted by Gasteiger charge is -2.36. The predicted molar refractivity (Wildman–Crippen MR) is 89.6 cm³/mol. The fourth-order valence-electron chi connectivity index (χ4n) is 2.27. The van der Waals surface area contributed by atoms with Crippen molar-refractivity contribution in [2.24, 2.45) is 5.73 Å². The highest BCUT2D eigenvalue weighted by Gasteiger charge is 2.36. The summed E-state index contributed by atoms with van der Waals surface area (Å²) in [6.45, 7) is 5.12. The Balaban J connectivity index is 2.47. The van der Waals surface area contributed by atoms with Gasteiger partial charge in [0.15, 0.2) is 0 Å². The molecule has 0 aromatic heterocycles. The molecular weight excluding hydrogens is 351 g/mol. The molecule has 4 nitrogen and oxygen atoms in total. The zero-order valence-electron chi connectivity index (χ0n) is 11.9. The van der Waals surface area contributed by atoms with Crippen LogP contribution in [0.1, 0.15) is 19.4 Å². The summed E-state index contributed by atoms with van der Waals surface area (Å²) in [5, 5.41) is 0.488. The minimum Gasteiger partial charge on any atom is -0.326 e. The largest absolute Gasteiger partial charge is 0.326 e. The standard InChI is InChI=1S/C13H18Cl2N2O2S2/c1-13(2)8-17(3-4-20-13)21(18,19)11-6-10(14)5-9(7-16)12(11)15/h5-6H,3-4,7-8,16H2,1-2H3. The van der Waals surface area contributed by atoms with E-state index in [1.807, 2.05) is 13.8 Å². The number of nitrogens with zero attached hydrogens (tertiary/aromatic N) is 1. The number of nitrogens with two attached hydrogens (primary N) is 1. The molecule has 1 aliphatic heterocycles. The molecule has 0 aliphatic carbocycles. The number of hydrogen-bond acceptors (Lipinski definition) is 4. The Morgan fingerprint density at radius 1 is 1.38 bits per heavy atom. The van der Waals surface area contributed by atoms with E-state index in [0.29, 0.717) is 23.7 Å². The normalized spacial score (nSPS) is 19.7. The quantitative estimate of drug-likeness (QED) is 0.890. The van der Waals surface area contributed by atoms with Crippen LogP contribution in [0.4, 0.5) is 0 Å². The Kier molecular flexibility index (Phi) is 5.18. The van der Waals surface area contributed by atoms with E-state index < -0.39 is 10.0 Å². The molecule has 1 aromatic rings. The van der Waals surface area contributed by atoms with E-state index in [-0.39, 0.29) is 21.2 Å². The smallest absolute Gasteiger partial charge is 0.244 e. The average molecular weight is 369 g/mol. The molecule has 1 saturated heterocycles. The first-order valence-electron chi connectivity index (χ1n) is 6.49. The lowest BCUT2D eigenvalue weighted by molar-refractivity contribution is 0.387. The molecule has 1 heterocycles. The van der Waals surface area contributed by atoms with Crippen LogP contribution in [0, 0.1) is 0 Å². The number of thioether (sulfide) groups is 1. The van der Waals surface area contributed by atoms with Gasteiger partial charge in [-0.1, -0.05) is 23.2 Å². The highest BCUT2D eigenvalue weighted by Crippen LogP contribution is 2.36. The molecule has 0 unspecified atom stereocenters. The Labute approximate surface area is 140 Å². The lowest BCUT2D eigenvalue weighted by Crippen LogP contribution is -2.46. The second-order valence-corrected chi connectivity index (χ2v) is 10.1. The van der Waals surface area contributed by atoms with Crippen molar-refractivity contribution in [3.63, 3.8) is 0 Å². The molecule has 2 N–H and O–H groups in total. The maximum absolute atomic E-state index is 12.8. The minimum atomic E-state index is -3.67. The first-order chi connectivity index (χ1) is 9.67. The van der Waals surface area contributed by atoms with Gasteiger partial charge in [-0.15, -0.1) is 0 Å². The number of halogens is 2. The van der Waals surface area contributed by atoms with Crippen LogP contribution in [0.3, 0.4) is 0 Å². The molecule has 21 heavy (non-hydrogen) atoms. The summed E-state index contributed by atoms with van der Waals surface area (Å²) in [6, 6.07) is 2.99. The number of hydrogen-bond donors (Lipinski definition) is 1. The van der Waals surface area contributed by atoms with Crippen LogP contribution in [-0.4, -0.2) is 36.3 Å². The van der Waals surface area contributed by atoms with Crippen LogP contribution in [0.25, 0.3) is 0 Å². The summed E-state index contributed by atoms with van der Waals surface area (Å²) >= 11 is 14.0. The molecule has 0 spiro atoms. The molecule has 0 bridgehead atoms. The lowest BCUT2D eigenvalue weighted by atomic mass is 10.2. The molecule has 0 atom stereocenters. The van der Waals surface area contributed by atoms with Gasteiger partial charge in [0, 0.05) is 35.2 Å². The van der Waals surface area contributed by atoms with Crippen LogP contribution in [0.15, 0.2) is 17.0 Å². The van der Waals surface area contributed by atoms with Crippen molar-refractivity contribution in [2.75, 3.05) is 18.8 Å². The molecule has 2 rings (SSSR count). The first kappa shape index (κ1) is 17.4. The number of benzene rings is 1. The topological polar surface area (TPSA) is 63.4 Å². The zero-order chi connectivity index (χ0) is 15.8. The summed E-state index contributed by atoms with van der Waals surface area (Å²) in [5.41, 5.74) is 6.13. The third kappa shape index (κ3) is 3.68. The van der Waals surface area contributed by atoms with Crippen LogP contribution in [-0.2, 0) is 16.6 Å². The average Bonchev–Trinajstić information content (AvgIpc) is 2.39. The van der Waals surface area contributed by atoms with Crippen LogP contribution < -0.4 is 5.73 Å².